The number of hydrogen-bond donors (Lipinski definition) is 1. The lowest BCUT2D eigenvalue weighted by Gasteiger charge is -2.32. The molecule has 0 aliphatic carbocycles. The van der Waals surface area contributed by atoms with Crippen molar-refractivity contribution in [1.29, 1.82) is 0 Å². The average Bonchev–Trinajstić information content (AvgIpc) is 2.99. The van der Waals surface area contributed by atoms with Crippen LogP contribution in [0, 0.1) is 6.92 Å². The molecular formula is C17H18N2O4. The lowest BCUT2D eigenvalue weighted by Crippen LogP contribution is -2.43. The van der Waals surface area contributed by atoms with Gasteiger partial charge in [-0.25, -0.2) is 4.79 Å². The number of furan rings is 1. The molecule has 120 valence electrons. The molecule has 0 bridgehead atoms. The molecule has 2 aromatic rings. The Morgan fingerprint density at radius 3 is 3.00 bits per heavy atom. The number of hydrogen-bond acceptors (Lipinski definition) is 4. The summed E-state index contributed by atoms with van der Waals surface area (Å²) in [5, 5.41) is 9.50. The van der Waals surface area contributed by atoms with E-state index in [0.29, 0.717) is 30.7 Å². The molecule has 6 heteroatoms. The molecule has 0 saturated carbocycles. The zero-order valence-electron chi connectivity index (χ0n) is 12.9. The van der Waals surface area contributed by atoms with Crippen LogP contribution in [0.4, 0.5) is 0 Å². The van der Waals surface area contributed by atoms with Crippen molar-refractivity contribution in [2.45, 2.75) is 32.2 Å². The number of rotatable bonds is 4. The topological polar surface area (TPSA) is 83.6 Å². The highest BCUT2D eigenvalue weighted by Crippen LogP contribution is 2.31. The first-order chi connectivity index (χ1) is 11.1. The first-order valence-electron chi connectivity index (χ1n) is 7.55. The second-order valence-corrected chi connectivity index (χ2v) is 5.75. The quantitative estimate of drug-likeness (QED) is 0.934. The number of pyridine rings is 1. The molecule has 0 spiro atoms. The van der Waals surface area contributed by atoms with Gasteiger partial charge in [-0.3, -0.25) is 9.78 Å². The van der Waals surface area contributed by atoms with Gasteiger partial charge in [0.2, 0.25) is 5.91 Å². The standard InChI is InChI=1S/C17H18N2O4/c1-11-8-12(10-18-9-11)2-3-15(20)19-6-4-14-13(5-7-23-14)16(19)17(21)22/h5,7-10,16H,2-4,6H2,1H3,(H,21,22). The van der Waals surface area contributed by atoms with Gasteiger partial charge in [-0.05, 0) is 30.5 Å². The highest BCUT2D eigenvalue weighted by atomic mass is 16.4. The third-order valence-electron chi connectivity index (χ3n) is 4.08. The first-order valence-corrected chi connectivity index (χ1v) is 7.55. The number of aromatic nitrogens is 1. The van der Waals surface area contributed by atoms with E-state index < -0.39 is 12.0 Å². The Hall–Kier alpha value is -2.63. The van der Waals surface area contributed by atoms with Crippen LogP contribution in [0.25, 0.3) is 0 Å². The Morgan fingerprint density at radius 1 is 1.43 bits per heavy atom. The average molecular weight is 314 g/mol. The van der Waals surface area contributed by atoms with Crippen LogP contribution < -0.4 is 0 Å². The van der Waals surface area contributed by atoms with Gasteiger partial charge in [-0.2, -0.15) is 0 Å². The molecule has 3 rings (SSSR count). The van der Waals surface area contributed by atoms with Crippen molar-refractivity contribution in [3.63, 3.8) is 0 Å². The minimum absolute atomic E-state index is 0.161. The maximum Gasteiger partial charge on any atom is 0.331 e. The highest BCUT2D eigenvalue weighted by Gasteiger charge is 2.37. The van der Waals surface area contributed by atoms with Gasteiger partial charge in [0.15, 0.2) is 6.04 Å². The zero-order valence-corrected chi connectivity index (χ0v) is 12.9. The third kappa shape index (κ3) is 3.11. The molecule has 1 N–H and O–H groups in total. The normalized spacial score (nSPS) is 16.9. The molecule has 3 heterocycles. The molecule has 1 unspecified atom stereocenters. The number of fused-ring (bicyclic) bond motifs is 1. The van der Waals surface area contributed by atoms with E-state index in [1.54, 1.807) is 18.5 Å². The zero-order chi connectivity index (χ0) is 16.4. The maximum absolute atomic E-state index is 12.5. The van der Waals surface area contributed by atoms with Gasteiger partial charge in [0.1, 0.15) is 5.76 Å². The molecule has 23 heavy (non-hydrogen) atoms. The molecule has 0 radical (unpaired) electrons. The number of aliphatic carboxylic acids is 1. The summed E-state index contributed by atoms with van der Waals surface area (Å²) in [6.07, 6.45) is 6.34. The van der Waals surface area contributed by atoms with Crippen molar-refractivity contribution in [1.82, 2.24) is 9.88 Å². The lowest BCUT2D eigenvalue weighted by molar-refractivity contribution is -0.151. The number of nitrogens with zero attached hydrogens (tertiary/aromatic N) is 2. The fourth-order valence-corrected chi connectivity index (χ4v) is 3.00. The fraction of sp³-hybridized carbons (Fsp3) is 0.353. The van der Waals surface area contributed by atoms with E-state index in [9.17, 15) is 14.7 Å². The first kappa shape index (κ1) is 15.3. The van der Waals surface area contributed by atoms with E-state index >= 15 is 0 Å². The largest absolute Gasteiger partial charge is 0.479 e. The van der Waals surface area contributed by atoms with Gasteiger partial charge < -0.3 is 14.4 Å². The molecule has 1 amide bonds. The Bertz CT molecular complexity index is 738. The van der Waals surface area contributed by atoms with E-state index in [0.717, 1.165) is 11.1 Å². The molecule has 0 fully saturated rings. The number of carbonyl (C=O) groups excluding carboxylic acids is 1. The fourth-order valence-electron chi connectivity index (χ4n) is 3.00. The predicted molar refractivity (Wildman–Crippen MR) is 81.8 cm³/mol. The molecule has 1 aliphatic heterocycles. The maximum atomic E-state index is 12.5. The summed E-state index contributed by atoms with van der Waals surface area (Å²) in [6, 6.07) is 2.66. The Morgan fingerprint density at radius 2 is 2.26 bits per heavy atom. The summed E-state index contributed by atoms with van der Waals surface area (Å²) in [6.45, 7) is 2.31. The van der Waals surface area contributed by atoms with Gasteiger partial charge in [-0.15, -0.1) is 0 Å². The van der Waals surface area contributed by atoms with E-state index in [4.69, 9.17) is 4.42 Å². The van der Waals surface area contributed by atoms with Crippen molar-refractivity contribution >= 4 is 11.9 Å². The smallest absolute Gasteiger partial charge is 0.331 e. The number of carbonyl (C=O) groups is 2. The third-order valence-corrected chi connectivity index (χ3v) is 4.08. The molecule has 0 saturated heterocycles. The summed E-state index contributed by atoms with van der Waals surface area (Å²) in [5.74, 6) is -0.534. The van der Waals surface area contributed by atoms with Gasteiger partial charge >= 0.3 is 5.97 Å². The van der Waals surface area contributed by atoms with Crippen LogP contribution in [0.1, 0.15) is 34.9 Å². The summed E-state index contributed by atoms with van der Waals surface area (Å²) in [4.78, 5) is 29.7. The minimum atomic E-state index is -1.03. The van der Waals surface area contributed by atoms with E-state index in [1.165, 1.54) is 11.2 Å². The molecule has 1 atom stereocenters. The monoisotopic (exact) mass is 314 g/mol. The second-order valence-electron chi connectivity index (χ2n) is 5.75. The molecule has 2 aromatic heterocycles. The van der Waals surface area contributed by atoms with Crippen molar-refractivity contribution in [2.75, 3.05) is 6.54 Å². The van der Waals surface area contributed by atoms with Gasteiger partial charge in [0.05, 0.1) is 6.26 Å². The van der Waals surface area contributed by atoms with Crippen molar-refractivity contribution in [2.24, 2.45) is 0 Å². The van der Waals surface area contributed by atoms with E-state index in [-0.39, 0.29) is 12.3 Å². The van der Waals surface area contributed by atoms with Crippen LogP contribution in [-0.2, 0) is 22.4 Å². The molecule has 6 nitrogen and oxygen atoms in total. The van der Waals surface area contributed by atoms with E-state index in [2.05, 4.69) is 4.98 Å². The minimum Gasteiger partial charge on any atom is -0.479 e. The number of carboxylic acids is 1. The lowest BCUT2D eigenvalue weighted by atomic mass is 9.98. The predicted octanol–water partition coefficient (Wildman–Crippen LogP) is 2.13. The van der Waals surface area contributed by atoms with Gasteiger partial charge in [0.25, 0.3) is 0 Å². The number of amides is 1. The van der Waals surface area contributed by atoms with Crippen molar-refractivity contribution in [3.8, 4) is 0 Å². The highest BCUT2D eigenvalue weighted by molar-refractivity contribution is 5.85. The summed E-state index contributed by atoms with van der Waals surface area (Å²) in [7, 11) is 0. The van der Waals surface area contributed by atoms with Crippen molar-refractivity contribution < 1.29 is 19.1 Å². The molecule has 0 aromatic carbocycles. The molecular weight excluding hydrogens is 296 g/mol. The van der Waals surface area contributed by atoms with Gasteiger partial charge in [0, 0.05) is 37.3 Å². The second kappa shape index (κ2) is 6.24. The summed E-state index contributed by atoms with van der Waals surface area (Å²) < 4.78 is 5.30. The summed E-state index contributed by atoms with van der Waals surface area (Å²) >= 11 is 0. The van der Waals surface area contributed by atoms with Crippen LogP contribution in [0.2, 0.25) is 0 Å². The SMILES string of the molecule is Cc1cncc(CCC(=O)N2CCc3occc3C2C(=O)O)c1. The van der Waals surface area contributed by atoms with Crippen LogP contribution in [0.5, 0.6) is 0 Å². The van der Waals surface area contributed by atoms with Crippen molar-refractivity contribution in [3.05, 3.63) is 53.2 Å². The Labute approximate surface area is 133 Å². The van der Waals surface area contributed by atoms with Crippen LogP contribution >= 0.6 is 0 Å². The van der Waals surface area contributed by atoms with E-state index in [1.807, 2.05) is 13.0 Å². The van der Waals surface area contributed by atoms with Crippen LogP contribution in [0.15, 0.2) is 35.2 Å². The Kier molecular flexibility index (Phi) is 4.14. The van der Waals surface area contributed by atoms with Gasteiger partial charge in [-0.1, -0.05) is 6.07 Å². The molecule has 1 aliphatic rings. The van der Waals surface area contributed by atoms with Crippen LogP contribution in [0.3, 0.4) is 0 Å². The summed E-state index contributed by atoms with van der Waals surface area (Å²) in [5.41, 5.74) is 2.60. The number of aryl methyl sites for hydroxylation is 2. The number of carboxylic acid groups (broad SMARTS) is 1. The Balaban J connectivity index is 1.73. The van der Waals surface area contributed by atoms with Crippen LogP contribution in [-0.4, -0.2) is 33.4 Å².